The van der Waals surface area contributed by atoms with E-state index in [1.165, 1.54) is 0 Å². The van der Waals surface area contributed by atoms with Gasteiger partial charge in [0.25, 0.3) is 17.7 Å². The zero-order valence-electron chi connectivity index (χ0n) is 15.1. The van der Waals surface area contributed by atoms with Crippen molar-refractivity contribution in [3.8, 4) is 10.8 Å². The number of quaternary nitrogens is 1. The molecular weight excluding hydrogens is 384 g/mol. The summed E-state index contributed by atoms with van der Waals surface area (Å²) < 4.78 is 5.75. The molecule has 27 heavy (non-hydrogen) atoms. The molecule has 0 aliphatic rings. The largest absolute Gasteiger partial charge is 0.414 e. The Labute approximate surface area is 167 Å². The number of aromatic nitrogens is 2. The van der Waals surface area contributed by atoms with Gasteiger partial charge in [-0.25, -0.2) is 0 Å². The second-order valence-electron chi connectivity index (χ2n) is 6.20. The number of hydrogen-bond acceptors (Lipinski definition) is 5. The highest BCUT2D eigenvalue weighted by molar-refractivity contribution is 7.13. The average Bonchev–Trinajstić information content (AvgIpc) is 3.33. The van der Waals surface area contributed by atoms with Gasteiger partial charge >= 0.3 is 0 Å². The van der Waals surface area contributed by atoms with Crippen LogP contribution in [0.25, 0.3) is 10.8 Å². The van der Waals surface area contributed by atoms with Gasteiger partial charge in [-0.15, -0.1) is 21.5 Å². The normalized spacial score (nSPS) is 12.1. The molecule has 1 unspecified atom stereocenters. The van der Waals surface area contributed by atoms with E-state index in [0.717, 1.165) is 28.3 Å². The van der Waals surface area contributed by atoms with Gasteiger partial charge in [-0.1, -0.05) is 42.8 Å². The number of rotatable bonds is 9. The highest BCUT2D eigenvalue weighted by Crippen LogP contribution is 2.22. The number of nitrogens with one attached hydrogen (secondary N) is 2. The molecule has 3 rings (SSSR count). The number of carbonyl (C=O) groups is 1. The van der Waals surface area contributed by atoms with Crippen LogP contribution in [-0.2, 0) is 17.9 Å². The molecule has 0 aliphatic carbocycles. The summed E-state index contributed by atoms with van der Waals surface area (Å²) in [6, 6.07) is 11.4. The van der Waals surface area contributed by atoms with Gasteiger partial charge in [-0.3, -0.25) is 4.79 Å². The number of thiophene rings is 1. The molecule has 1 atom stereocenters. The van der Waals surface area contributed by atoms with Gasteiger partial charge in [0.15, 0.2) is 13.1 Å². The maximum Gasteiger partial charge on any atom is 0.275 e. The molecule has 2 aromatic heterocycles. The third-order valence-corrected chi connectivity index (χ3v) is 5.27. The van der Waals surface area contributed by atoms with Crippen molar-refractivity contribution >= 4 is 28.8 Å². The van der Waals surface area contributed by atoms with Crippen molar-refractivity contribution in [1.82, 2.24) is 15.5 Å². The number of amides is 1. The second kappa shape index (κ2) is 9.64. The molecule has 0 aliphatic heterocycles. The van der Waals surface area contributed by atoms with Crippen LogP contribution in [0.2, 0.25) is 5.02 Å². The first-order valence-electron chi connectivity index (χ1n) is 8.85. The molecule has 0 spiro atoms. The molecule has 1 amide bonds. The predicted octanol–water partition coefficient (Wildman–Crippen LogP) is 2.56. The fourth-order valence-corrected chi connectivity index (χ4v) is 3.60. The lowest BCUT2D eigenvalue weighted by Crippen LogP contribution is -3.12. The van der Waals surface area contributed by atoms with Gasteiger partial charge in [0, 0.05) is 11.6 Å². The Kier molecular flexibility index (Phi) is 6.98. The Morgan fingerprint density at radius 2 is 2.11 bits per heavy atom. The summed E-state index contributed by atoms with van der Waals surface area (Å²) in [4.78, 5) is 14.4. The van der Waals surface area contributed by atoms with E-state index in [2.05, 4.69) is 22.4 Å². The van der Waals surface area contributed by atoms with E-state index >= 15 is 0 Å². The molecule has 8 heteroatoms. The minimum Gasteiger partial charge on any atom is -0.414 e. The van der Waals surface area contributed by atoms with Crippen LogP contribution < -0.4 is 10.2 Å². The number of halogens is 1. The van der Waals surface area contributed by atoms with Crippen molar-refractivity contribution in [3.05, 3.63) is 58.3 Å². The van der Waals surface area contributed by atoms with E-state index in [1.54, 1.807) is 11.3 Å². The molecule has 142 valence electrons. The summed E-state index contributed by atoms with van der Waals surface area (Å²) in [5, 5.41) is 13.8. The molecule has 6 nitrogen and oxygen atoms in total. The first-order valence-corrected chi connectivity index (χ1v) is 10.1. The lowest BCUT2D eigenvalue weighted by molar-refractivity contribution is -0.907. The quantitative estimate of drug-likeness (QED) is 0.574. The Balaban J connectivity index is 1.55. The van der Waals surface area contributed by atoms with Gasteiger partial charge < -0.3 is 14.6 Å². The summed E-state index contributed by atoms with van der Waals surface area (Å²) in [6.45, 7) is 4.21. The first kappa shape index (κ1) is 19.5. The molecule has 0 bridgehead atoms. The minimum absolute atomic E-state index is 0.0311. The van der Waals surface area contributed by atoms with E-state index in [4.69, 9.17) is 16.0 Å². The van der Waals surface area contributed by atoms with Crippen molar-refractivity contribution in [2.45, 2.75) is 26.4 Å². The molecule has 0 fully saturated rings. The van der Waals surface area contributed by atoms with Crippen molar-refractivity contribution in [1.29, 1.82) is 0 Å². The fourth-order valence-electron chi connectivity index (χ4n) is 2.76. The third kappa shape index (κ3) is 5.63. The first-order chi connectivity index (χ1) is 13.2. The fraction of sp³-hybridized carbons (Fsp3) is 0.316. The monoisotopic (exact) mass is 405 g/mol. The maximum atomic E-state index is 12.4. The molecule has 0 radical (unpaired) electrons. The van der Waals surface area contributed by atoms with Gasteiger partial charge in [-0.2, -0.15) is 0 Å². The third-order valence-electron chi connectivity index (χ3n) is 4.05. The van der Waals surface area contributed by atoms with E-state index < -0.39 is 0 Å². The Morgan fingerprint density at radius 1 is 1.26 bits per heavy atom. The standard InChI is InChI=1S/C19H21ClN4O2S/c1-2-9-24(12-17(25)21-11-14-6-3-4-7-15(14)20)13-18-22-23-19(26-18)16-8-5-10-27-16/h3-8,10H,2,9,11-13H2,1H3,(H,21,25)/p+1. The lowest BCUT2D eigenvalue weighted by Gasteiger charge is -2.16. The average molecular weight is 406 g/mol. The Hall–Kier alpha value is -2.22. The summed E-state index contributed by atoms with van der Waals surface area (Å²) in [5.41, 5.74) is 0.905. The zero-order valence-corrected chi connectivity index (χ0v) is 16.6. The van der Waals surface area contributed by atoms with Crippen molar-refractivity contribution < 1.29 is 14.1 Å². The van der Waals surface area contributed by atoms with E-state index in [9.17, 15) is 4.79 Å². The summed E-state index contributed by atoms with van der Waals surface area (Å²) in [6.07, 6.45) is 0.957. The van der Waals surface area contributed by atoms with Crippen LogP contribution in [0.4, 0.5) is 0 Å². The van der Waals surface area contributed by atoms with E-state index in [1.807, 2.05) is 41.8 Å². The van der Waals surface area contributed by atoms with Crippen LogP contribution in [0.3, 0.4) is 0 Å². The summed E-state index contributed by atoms with van der Waals surface area (Å²) >= 11 is 7.69. The van der Waals surface area contributed by atoms with Crippen LogP contribution in [0.5, 0.6) is 0 Å². The maximum absolute atomic E-state index is 12.4. The molecule has 0 saturated carbocycles. The highest BCUT2D eigenvalue weighted by atomic mass is 35.5. The molecule has 2 heterocycles. The van der Waals surface area contributed by atoms with Crippen LogP contribution in [0, 0.1) is 0 Å². The molecule has 1 aromatic carbocycles. The zero-order chi connectivity index (χ0) is 19.1. The number of benzene rings is 1. The van der Waals surface area contributed by atoms with Gasteiger partial charge in [-0.05, 0) is 29.5 Å². The Bertz CT molecular complexity index is 866. The van der Waals surface area contributed by atoms with Gasteiger partial charge in [0.2, 0.25) is 0 Å². The topological polar surface area (TPSA) is 72.5 Å². The number of hydrogen-bond donors (Lipinski definition) is 2. The van der Waals surface area contributed by atoms with Crippen molar-refractivity contribution in [2.75, 3.05) is 13.1 Å². The second-order valence-corrected chi connectivity index (χ2v) is 7.55. The van der Waals surface area contributed by atoms with Gasteiger partial charge in [0.05, 0.1) is 11.4 Å². The van der Waals surface area contributed by atoms with Gasteiger partial charge in [0.1, 0.15) is 0 Å². The predicted molar refractivity (Wildman–Crippen MR) is 106 cm³/mol. The Morgan fingerprint density at radius 3 is 2.85 bits per heavy atom. The molecular formula is C19H22ClN4O2S+. The smallest absolute Gasteiger partial charge is 0.275 e. The number of carbonyl (C=O) groups excluding carboxylic acids is 1. The SMILES string of the molecule is CCC[NH+](CC(=O)NCc1ccccc1Cl)Cc1nnc(-c2cccs2)o1. The molecule has 3 aromatic rings. The van der Waals surface area contributed by atoms with Crippen molar-refractivity contribution in [3.63, 3.8) is 0 Å². The van der Waals surface area contributed by atoms with Crippen LogP contribution >= 0.6 is 22.9 Å². The highest BCUT2D eigenvalue weighted by Gasteiger charge is 2.18. The molecule has 2 N–H and O–H groups in total. The lowest BCUT2D eigenvalue weighted by atomic mass is 10.2. The molecule has 0 saturated heterocycles. The van der Waals surface area contributed by atoms with E-state index in [0.29, 0.717) is 36.4 Å². The van der Waals surface area contributed by atoms with Crippen LogP contribution in [0.15, 0.2) is 46.2 Å². The number of nitrogens with zero attached hydrogens (tertiary/aromatic N) is 2. The summed E-state index contributed by atoms with van der Waals surface area (Å²) in [5.74, 6) is 1.04. The minimum atomic E-state index is -0.0311. The summed E-state index contributed by atoms with van der Waals surface area (Å²) in [7, 11) is 0. The van der Waals surface area contributed by atoms with Crippen LogP contribution in [0.1, 0.15) is 24.8 Å². The van der Waals surface area contributed by atoms with Crippen molar-refractivity contribution in [2.24, 2.45) is 0 Å². The van der Waals surface area contributed by atoms with E-state index in [-0.39, 0.29) is 5.91 Å². The van der Waals surface area contributed by atoms with Crippen LogP contribution in [-0.4, -0.2) is 29.2 Å².